The smallest absolute Gasteiger partial charge is 0.337 e. The van der Waals surface area contributed by atoms with Crippen molar-refractivity contribution in [2.75, 3.05) is 6.61 Å². The summed E-state index contributed by atoms with van der Waals surface area (Å²) in [6.07, 6.45) is 0.0982. The van der Waals surface area contributed by atoms with E-state index in [1.807, 2.05) is 6.92 Å². The fourth-order valence-electron chi connectivity index (χ4n) is 0.817. The molecule has 0 aliphatic rings. The van der Waals surface area contributed by atoms with E-state index in [2.05, 4.69) is 0 Å². The molecule has 2 atom stereocenters. The van der Waals surface area contributed by atoms with Gasteiger partial charge in [0.05, 0.1) is 12.7 Å². The van der Waals surface area contributed by atoms with Gasteiger partial charge in [0, 0.05) is 0 Å². The highest BCUT2D eigenvalue weighted by atomic mass is 16.6. The van der Waals surface area contributed by atoms with Crippen LogP contribution >= 0.6 is 0 Å². The second-order valence-electron chi connectivity index (χ2n) is 2.73. The Morgan fingerprint density at radius 3 is 2.58 bits per heavy atom. The summed E-state index contributed by atoms with van der Waals surface area (Å²) in [5, 5.41) is 17.2. The van der Waals surface area contributed by atoms with E-state index in [0.717, 1.165) is 12.8 Å². The van der Waals surface area contributed by atoms with Crippen LogP contribution in [0.15, 0.2) is 0 Å². The van der Waals surface area contributed by atoms with Crippen molar-refractivity contribution in [3.63, 3.8) is 0 Å². The van der Waals surface area contributed by atoms with Crippen molar-refractivity contribution in [1.82, 2.24) is 0 Å². The first kappa shape index (κ1) is 11.4. The maximum Gasteiger partial charge on any atom is 0.337 e. The minimum Gasteiger partial charge on any atom is -0.461 e. The van der Waals surface area contributed by atoms with Gasteiger partial charge in [-0.1, -0.05) is 13.3 Å². The predicted octanol–water partition coefficient (Wildman–Crippen LogP) is 0.0714. The Bertz CT molecular complexity index is 135. The summed E-state index contributed by atoms with van der Waals surface area (Å²) in [6.45, 7) is 3.15. The van der Waals surface area contributed by atoms with Crippen LogP contribution in [0.5, 0.6) is 0 Å². The van der Waals surface area contributed by atoms with Gasteiger partial charge in [-0.3, -0.25) is 0 Å². The van der Waals surface area contributed by atoms with Crippen molar-refractivity contribution in [3.05, 3.63) is 0 Å². The average molecular weight is 176 g/mol. The molecule has 0 aliphatic heterocycles. The molecular formula is C8H16O4. The molecule has 72 valence electrons. The Balaban J connectivity index is 3.67. The van der Waals surface area contributed by atoms with Gasteiger partial charge < -0.3 is 14.9 Å². The number of hydrogen-bond acceptors (Lipinski definition) is 4. The third-order valence-corrected chi connectivity index (χ3v) is 1.46. The Hall–Kier alpha value is -0.610. The van der Waals surface area contributed by atoms with Gasteiger partial charge >= 0.3 is 5.97 Å². The van der Waals surface area contributed by atoms with Crippen LogP contribution in [0.1, 0.15) is 26.7 Å². The van der Waals surface area contributed by atoms with Gasteiger partial charge in [0.2, 0.25) is 0 Å². The van der Waals surface area contributed by atoms with Crippen molar-refractivity contribution in [3.8, 4) is 0 Å². The molecule has 0 amide bonds. The molecule has 0 spiro atoms. The lowest BCUT2D eigenvalue weighted by Gasteiger charge is -2.13. The van der Waals surface area contributed by atoms with Crippen molar-refractivity contribution < 1.29 is 19.7 Å². The minimum atomic E-state index is -1.40. The molecule has 0 aliphatic carbocycles. The van der Waals surface area contributed by atoms with Gasteiger partial charge in [-0.2, -0.15) is 0 Å². The molecule has 0 rings (SSSR count). The molecule has 0 saturated heterocycles. The number of hydrogen-bond donors (Lipinski definition) is 2. The third kappa shape index (κ3) is 4.31. The molecule has 0 aromatic heterocycles. The molecule has 0 aromatic carbocycles. The van der Waals surface area contributed by atoms with Crippen LogP contribution < -0.4 is 0 Å². The zero-order valence-corrected chi connectivity index (χ0v) is 7.49. The lowest BCUT2D eigenvalue weighted by molar-refractivity contribution is -0.160. The summed E-state index contributed by atoms with van der Waals surface area (Å²) in [5.74, 6) is -0.751. The summed E-state index contributed by atoms with van der Waals surface area (Å²) in [5.41, 5.74) is 0. The summed E-state index contributed by atoms with van der Waals surface area (Å²) in [6, 6.07) is 0. The summed E-state index contributed by atoms with van der Waals surface area (Å²) in [7, 11) is 0. The van der Waals surface area contributed by atoms with E-state index in [-0.39, 0.29) is 6.10 Å². The Labute approximate surface area is 72.2 Å². The Morgan fingerprint density at radius 2 is 2.17 bits per heavy atom. The van der Waals surface area contributed by atoms with Crippen molar-refractivity contribution in [2.24, 2.45) is 0 Å². The van der Waals surface area contributed by atoms with E-state index in [0.29, 0.717) is 0 Å². The molecule has 0 saturated carbocycles. The van der Waals surface area contributed by atoms with Gasteiger partial charge in [0.15, 0.2) is 6.10 Å². The number of carbonyl (C=O) groups excluding carboxylic acids is 1. The highest BCUT2D eigenvalue weighted by molar-refractivity contribution is 5.74. The highest BCUT2D eigenvalue weighted by Gasteiger charge is 2.17. The molecular weight excluding hydrogens is 160 g/mol. The van der Waals surface area contributed by atoms with Crippen molar-refractivity contribution in [2.45, 2.75) is 38.9 Å². The molecule has 0 heterocycles. The van der Waals surface area contributed by atoms with Gasteiger partial charge in [0.25, 0.3) is 0 Å². The van der Waals surface area contributed by atoms with E-state index in [4.69, 9.17) is 14.9 Å². The van der Waals surface area contributed by atoms with Gasteiger partial charge in [-0.05, 0) is 13.3 Å². The number of esters is 1. The summed E-state index contributed by atoms with van der Waals surface area (Å²) in [4.78, 5) is 10.8. The van der Waals surface area contributed by atoms with Gasteiger partial charge in [0.1, 0.15) is 0 Å². The molecule has 4 nitrogen and oxygen atoms in total. The van der Waals surface area contributed by atoms with Crippen molar-refractivity contribution in [1.29, 1.82) is 0 Å². The predicted molar refractivity (Wildman–Crippen MR) is 43.6 cm³/mol. The van der Waals surface area contributed by atoms with Crippen LogP contribution in [0.4, 0.5) is 0 Å². The van der Waals surface area contributed by atoms with Crippen LogP contribution in [0.25, 0.3) is 0 Å². The first-order chi connectivity index (χ1) is 5.61. The number of carbonyl (C=O) groups is 1. The molecule has 2 unspecified atom stereocenters. The number of aliphatic hydroxyl groups excluding tert-OH is 2. The number of aliphatic hydroxyl groups is 2. The minimum absolute atomic E-state index is 0.191. The topological polar surface area (TPSA) is 66.8 Å². The van der Waals surface area contributed by atoms with Crippen LogP contribution in [-0.2, 0) is 9.53 Å². The van der Waals surface area contributed by atoms with E-state index < -0.39 is 18.7 Å². The number of ether oxygens (including phenoxy) is 1. The third-order valence-electron chi connectivity index (χ3n) is 1.46. The lowest BCUT2D eigenvalue weighted by atomic mass is 10.2. The fraction of sp³-hybridized carbons (Fsp3) is 0.875. The molecule has 0 bridgehead atoms. The van der Waals surface area contributed by atoms with Gasteiger partial charge in [-0.15, -0.1) is 0 Å². The normalized spacial score (nSPS) is 15.3. The standard InChI is InChI=1S/C8H16O4/c1-3-4-6(2)12-8(11)7(10)5-9/h6-7,9-10H,3-5H2,1-2H3. The van der Waals surface area contributed by atoms with Crippen LogP contribution in [0.3, 0.4) is 0 Å². The summed E-state index contributed by atoms with van der Waals surface area (Å²) >= 11 is 0. The lowest BCUT2D eigenvalue weighted by Crippen LogP contribution is -2.29. The largest absolute Gasteiger partial charge is 0.461 e. The molecule has 12 heavy (non-hydrogen) atoms. The van der Waals surface area contributed by atoms with E-state index in [1.165, 1.54) is 0 Å². The molecule has 0 aromatic rings. The SMILES string of the molecule is CCCC(C)OC(=O)C(O)CO. The van der Waals surface area contributed by atoms with Gasteiger partial charge in [-0.25, -0.2) is 4.79 Å². The Morgan fingerprint density at radius 1 is 1.58 bits per heavy atom. The maximum absolute atomic E-state index is 10.8. The first-order valence-corrected chi connectivity index (χ1v) is 4.11. The second kappa shape index (κ2) is 5.97. The van der Waals surface area contributed by atoms with Crippen LogP contribution in [0, 0.1) is 0 Å². The zero-order chi connectivity index (χ0) is 9.56. The number of rotatable bonds is 5. The quantitative estimate of drug-likeness (QED) is 0.582. The highest BCUT2D eigenvalue weighted by Crippen LogP contribution is 2.02. The van der Waals surface area contributed by atoms with E-state index in [1.54, 1.807) is 6.92 Å². The van der Waals surface area contributed by atoms with E-state index in [9.17, 15) is 4.79 Å². The van der Waals surface area contributed by atoms with Crippen molar-refractivity contribution >= 4 is 5.97 Å². The molecule has 4 heteroatoms. The summed E-state index contributed by atoms with van der Waals surface area (Å²) < 4.78 is 4.79. The maximum atomic E-state index is 10.8. The average Bonchev–Trinajstić information content (AvgIpc) is 2.03. The second-order valence-corrected chi connectivity index (χ2v) is 2.73. The van der Waals surface area contributed by atoms with Crippen LogP contribution in [0.2, 0.25) is 0 Å². The molecule has 2 N–H and O–H groups in total. The molecule has 0 radical (unpaired) electrons. The van der Waals surface area contributed by atoms with Crippen LogP contribution in [-0.4, -0.2) is 35.0 Å². The molecule has 0 fully saturated rings. The monoisotopic (exact) mass is 176 g/mol. The fourth-order valence-corrected chi connectivity index (χ4v) is 0.817. The van der Waals surface area contributed by atoms with E-state index >= 15 is 0 Å². The zero-order valence-electron chi connectivity index (χ0n) is 7.49. The first-order valence-electron chi connectivity index (χ1n) is 4.11. The Kier molecular flexibility index (Phi) is 5.66.